The smallest absolute Gasteiger partial charge is 0.131 e. The second kappa shape index (κ2) is 4.40. The Labute approximate surface area is 114 Å². The van der Waals surface area contributed by atoms with Crippen LogP contribution in [0.3, 0.4) is 0 Å². The maximum Gasteiger partial charge on any atom is 0.131 e. The summed E-state index contributed by atoms with van der Waals surface area (Å²) in [5.41, 5.74) is 9.07. The molecule has 0 aromatic carbocycles. The van der Waals surface area contributed by atoms with E-state index >= 15 is 0 Å². The number of aromatic nitrogens is 4. The molecule has 0 spiro atoms. The Morgan fingerprint density at radius 3 is 2.37 bits per heavy atom. The van der Waals surface area contributed by atoms with Crippen molar-refractivity contribution in [2.75, 3.05) is 5.73 Å². The van der Waals surface area contributed by atoms with E-state index in [2.05, 4.69) is 37.8 Å². The molecule has 2 heterocycles. The van der Waals surface area contributed by atoms with Gasteiger partial charge in [0, 0.05) is 37.7 Å². The summed E-state index contributed by atoms with van der Waals surface area (Å²) in [6, 6.07) is 0. The van der Waals surface area contributed by atoms with E-state index in [1.807, 2.05) is 29.5 Å². The van der Waals surface area contributed by atoms with E-state index in [4.69, 9.17) is 5.73 Å². The summed E-state index contributed by atoms with van der Waals surface area (Å²) in [6.07, 6.45) is 2.87. The molecule has 0 amide bonds. The lowest BCUT2D eigenvalue weighted by Crippen LogP contribution is -2.14. The van der Waals surface area contributed by atoms with Crippen molar-refractivity contribution < 1.29 is 0 Å². The van der Waals surface area contributed by atoms with Gasteiger partial charge in [-0.15, -0.1) is 0 Å². The maximum absolute atomic E-state index is 6.20. The van der Waals surface area contributed by atoms with Crippen molar-refractivity contribution >= 4 is 5.82 Å². The van der Waals surface area contributed by atoms with Crippen LogP contribution in [0, 0.1) is 0 Å². The van der Waals surface area contributed by atoms with E-state index in [9.17, 15) is 0 Å². The summed E-state index contributed by atoms with van der Waals surface area (Å²) in [7, 11) is 3.89. The van der Waals surface area contributed by atoms with E-state index in [0.717, 1.165) is 29.2 Å². The highest BCUT2D eigenvalue weighted by Crippen LogP contribution is 2.34. The minimum atomic E-state index is -0.0348. The largest absolute Gasteiger partial charge is 0.383 e. The topological polar surface area (TPSA) is 61.7 Å². The predicted molar refractivity (Wildman–Crippen MR) is 77.9 cm³/mol. The number of nitrogen functional groups attached to an aromatic ring is 1. The predicted octanol–water partition coefficient (Wildman–Crippen LogP) is 2.26. The van der Waals surface area contributed by atoms with Gasteiger partial charge in [-0.1, -0.05) is 27.7 Å². The molecule has 0 fully saturated rings. The Hall–Kier alpha value is -1.78. The minimum absolute atomic E-state index is 0.0348. The highest BCUT2D eigenvalue weighted by Gasteiger charge is 2.26. The number of nitrogens with zero attached hydrogens (tertiary/aromatic N) is 4. The van der Waals surface area contributed by atoms with Crippen molar-refractivity contribution in [2.24, 2.45) is 14.1 Å². The van der Waals surface area contributed by atoms with Gasteiger partial charge in [0.05, 0.1) is 5.69 Å². The number of rotatable bonds is 2. The normalized spacial score (nSPS) is 12.1. The fourth-order valence-corrected chi connectivity index (χ4v) is 2.29. The maximum atomic E-state index is 6.20. The third kappa shape index (κ3) is 2.25. The number of aryl methyl sites for hydroxylation is 2. The van der Waals surface area contributed by atoms with E-state index < -0.39 is 0 Å². The number of hydrogen-bond donors (Lipinski definition) is 1. The second-order valence-corrected chi connectivity index (χ2v) is 5.99. The Bertz CT molecular complexity index is 598. The number of hydrogen-bond acceptors (Lipinski definition) is 3. The van der Waals surface area contributed by atoms with Gasteiger partial charge in [-0.3, -0.25) is 4.68 Å². The van der Waals surface area contributed by atoms with Crippen molar-refractivity contribution in [3.05, 3.63) is 17.7 Å². The molecule has 0 aliphatic heterocycles. The highest BCUT2D eigenvalue weighted by molar-refractivity contribution is 5.73. The molecule has 2 N–H and O–H groups in total. The molecule has 0 saturated carbocycles. The highest BCUT2D eigenvalue weighted by atomic mass is 15.3. The van der Waals surface area contributed by atoms with Gasteiger partial charge in [0.15, 0.2) is 0 Å². The lowest BCUT2D eigenvalue weighted by atomic mass is 9.89. The van der Waals surface area contributed by atoms with Crippen molar-refractivity contribution in [2.45, 2.75) is 39.5 Å². The molecule has 0 unspecified atom stereocenters. The summed E-state index contributed by atoms with van der Waals surface area (Å²) < 4.78 is 3.78. The van der Waals surface area contributed by atoms with Crippen LogP contribution in [0.25, 0.3) is 11.3 Å². The first-order chi connectivity index (χ1) is 8.75. The van der Waals surface area contributed by atoms with E-state index in [0.29, 0.717) is 5.82 Å². The summed E-state index contributed by atoms with van der Waals surface area (Å²) in [5, 5.41) is 4.58. The molecule has 2 aromatic heterocycles. The van der Waals surface area contributed by atoms with Crippen LogP contribution < -0.4 is 5.73 Å². The fourth-order valence-electron chi connectivity index (χ4n) is 2.29. The first-order valence-electron chi connectivity index (χ1n) is 6.61. The second-order valence-electron chi connectivity index (χ2n) is 5.99. The lowest BCUT2D eigenvalue weighted by molar-refractivity contribution is 0.554. The number of nitrogens with two attached hydrogens (primary N) is 1. The van der Waals surface area contributed by atoms with Crippen LogP contribution in [-0.4, -0.2) is 19.3 Å². The first-order valence-corrected chi connectivity index (χ1v) is 6.61. The summed E-state index contributed by atoms with van der Waals surface area (Å²) in [4.78, 5) is 4.67. The molecule has 0 aliphatic rings. The molecule has 5 nitrogen and oxygen atoms in total. The van der Waals surface area contributed by atoms with Crippen LogP contribution in [0.15, 0.2) is 6.20 Å². The van der Waals surface area contributed by atoms with Crippen molar-refractivity contribution in [3.63, 3.8) is 0 Å². The van der Waals surface area contributed by atoms with Gasteiger partial charge in [0.2, 0.25) is 0 Å². The van der Waals surface area contributed by atoms with E-state index in [1.54, 1.807) is 0 Å². The summed E-state index contributed by atoms with van der Waals surface area (Å²) in [6.45, 7) is 8.54. The zero-order chi connectivity index (χ0) is 14.4. The Balaban J connectivity index is 2.66. The van der Waals surface area contributed by atoms with Crippen molar-refractivity contribution in [1.29, 1.82) is 0 Å². The van der Waals surface area contributed by atoms with Crippen LogP contribution in [0.5, 0.6) is 0 Å². The van der Waals surface area contributed by atoms with Crippen molar-refractivity contribution in [1.82, 2.24) is 19.3 Å². The van der Waals surface area contributed by atoms with Gasteiger partial charge >= 0.3 is 0 Å². The summed E-state index contributed by atoms with van der Waals surface area (Å²) >= 11 is 0. The number of anilines is 1. The lowest BCUT2D eigenvalue weighted by Gasteiger charge is -2.16. The molecule has 0 atom stereocenters. The van der Waals surface area contributed by atoms with Gasteiger partial charge in [-0.05, 0) is 0 Å². The summed E-state index contributed by atoms with van der Waals surface area (Å²) in [5.74, 6) is 1.70. The molecule has 0 saturated heterocycles. The van der Waals surface area contributed by atoms with Crippen LogP contribution in [0.4, 0.5) is 5.82 Å². The van der Waals surface area contributed by atoms with E-state index in [1.165, 1.54) is 0 Å². The minimum Gasteiger partial charge on any atom is -0.383 e. The average Bonchev–Trinajstić information content (AvgIpc) is 2.82. The molecule has 19 heavy (non-hydrogen) atoms. The third-order valence-electron chi connectivity index (χ3n) is 3.34. The monoisotopic (exact) mass is 261 g/mol. The Morgan fingerprint density at radius 2 is 1.89 bits per heavy atom. The molecular weight excluding hydrogens is 238 g/mol. The molecule has 0 aliphatic carbocycles. The first kappa shape index (κ1) is 13.6. The number of imidazole rings is 1. The molecule has 2 rings (SSSR count). The molecule has 0 radical (unpaired) electrons. The Morgan fingerprint density at radius 1 is 1.26 bits per heavy atom. The zero-order valence-electron chi connectivity index (χ0n) is 12.7. The average molecular weight is 261 g/mol. The van der Waals surface area contributed by atoms with Crippen LogP contribution >= 0.6 is 0 Å². The quantitative estimate of drug-likeness (QED) is 0.902. The molecule has 0 bridgehead atoms. The van der Waals surface area contributed by atoms with Crippen LogP contribution in [-0.2, 0) is 25.9 Å². The van der Waals surface area contributed by atoms with Gasteiger partial charge in [-0.25, -0.2) is 4.98 Å². The van der Waals surface area contributed by atoms with E-state index in [-0.39, 0.29) is 5.41 Å². The Kier molecular flexibility index (Phi) is 3.16. The zero-order valence-corrected chi connectivity index (χ0v) is 12.7. The van der Waals surface area contributed by atoms with Gasteiger partial charge in [0.25, 0.3) is 0 Å². The van der Waals surface area contributed by atoms with Crippen LogP contribution in [0.1, 0.15) is 39.2 Å². The molecular formula is C14H23N5. The van der Waals surface area contributed by atoms with Crippen LogP contribution in [0.2, 0.25) is 0 Å². The SMILES string of the molecule is CCc1nc(-c2cn(C)nc2C(C)(C)C)c(N)n1C. The van der Waals surface area contributed by atoms with Gasteiger partial charge in [0.1, 0.15) is 17.3 Å². The molecule has 2 aromatic rings. The molecule has 104 valence electrons. The fraction of sp³-hybridized carbons (Fsp3) is 0.571. The van der Waals surface area contributed by atoms with Gasteiger partial charge < -0.3 is 10.3 Å². The molecule has 5 heteroatoms. The van der Waals surface area contributed by atoms with Crippen molar-refractivity contribution in [3.8, 4) is 11.3 Å². The third-order valence-corrected chi connectivity index (χ3v) is 3.34. The van der Waals surface area contributed by atoms with Gasteiger partial charge in [-0.2, -0.15) is 5.10 Å². The standard InChI is InChI=1S/C14H23N5/c1-7-10-16-11(13(15)19(10)6)9-8-18(5)17-12(9)14(2,3)4/h8H,7,15H2,1-6H3.